The van der Waals surface area contributed by atoms with Crippen LogP contribution in [0.25, 0.3) is 106 Å². The molecule has 54 heavy (non-hydrogen) atoms. The number of fused-ring (bicyclic) bond motifs is 7. The third-order valence-electron chi connectivity index (χ3n) is 10.3. The maximum atomic E-state index is 6.56. The molecule has 0 spiro atoms. The minimum absolute atomic E-state index is 0.558. The molecule has 0 aliphatic heterocycles. The number of hydrogen-bond acceptors (Lipinski definition) is 5. The lowest BCUT2D eigenvalue weighted by Crippen LogP contribution is -2.01. The van der Waals surface area contributed by atoms with Gasteiger partial charge in [0.05, 0.1) is 11.0 Å². The van der Waals surface area contributed by atoms with Gasteiger partial charge >= 0.3 is 0 Å². The Morgan fingerprint density at radius 1 is 0.407 bits per heavy atom. The lowest BCUT2D eigenvalue weighted by atomic mass is 10.0. The van der Waals surface area contributed by atoms with Crippen molar-refractivity contribution in [3.8, 4) is 51.3 Å². The second-order valence-corrected chi connectivity index (χ2v) is 13.5. The first-order valence-corrected chi connectivity index (χ1v) is 18.0. The molecular weight excluding hydrogens is 663 g/mol. The molecule has 6 nitrogen and oxygen atoms in total. The quantitative estimate of drug-likeness (QED) is 0.180. The highest BCUT2D eigenvalue weighted by Gasteiger charge is 2.20. The van der Waals surface area contributed by atoms with Crippen molar-refractivity contribution >= 4 is 54.5 Å². The van der Waals surface area contributed by atoms with Gasteiger partial charge < -0.3 is 8.98 Å². The van der Waals surface area contributed by atoms with Gasteiger partial charge in [-0.1, -0.05) is 133 Å². The van der Waals surface area contributed by atoms with Crippen LogP contribution in [-0.2, 0) is 0 Å². The molecule has 3 heterocycles. The first-order chi connectivity index (χ1) is 26.8. The van der Waals surface area contributed by atoms with E-state index in [0.717, 1.165) is 71.4 Å². The first-order valence-electron chi connectivity index (χ1n) is 18.0. The third-order valence-corrected chi connectivity index (χ3v) is 10.3. The summed E-state index contributed by atoms with van der Waals surface area (Å²) < 4.78 is 8.88. The molecule has 0 saturated heterocycles. The van der Waals surface area contributed by atoms with E-state index < -0.39 is 0 Å². The molecule has 0 radical (unpaired) electrons. The number of para-hydroxylation sites is 2. The molecule has 0 amide bonds. The molecule has 0 bridgehead atoms. The van der Waals surface area contributed by atoms with Crippen molar-refractivity contribution in [2.45, 2.75) is 0 Å². The Kier molecular flexibility index (Phi) is 6.75. The summed E-state index contributed by atoms with van der Waals surface area (Å²) in [6.45, 7) is 0. The molecule has 0 aliphatic rings. The van der Waals surface area contributed by atoms with Gasteiger partial charge in [-0.3, -0.25) is 0 Å². The zero-order valence-electron chi connectivity index (χ0n) is 28.9. The van der Waals surface area contributed by atoms with Gasteiger partial charge in [-0.25, -0.2) is 19.9 Å². The van der Waals surface area contributed by atoms with E-state index >= 15 is 0 Å². The van der Waals surface area contributed by atoms with Crippen LogP contribution in [-0.4, -0.2) is 24.5 Å². The fourth-order valence-electron chi connectivity index (χ4n) is 7.78. The van der Waals surface area contributed by atoms with Gasteiger partial charge in [0, 0.05) is 44.1 Å². The molecule has 8 aromatic carbocycles. The average molecular weight is 692 g/mol. The molecule has 0 atom stereocenters. The Hall–Kier alpha value is -7.44. The van der Waals surface area contributed by atoms with Crippen molar-refractivity contribution in [2.24, 2.45) is 0 Å². The molecule has 252 valence electrons. The maximum Gasteiger partial charge on any atom is 0.227 e. The van der Waals surface area contributed by atoms with Crippen LogP contribution in [0, 0.1) is 0 Å². The van der Waals surface area contributed by atoms with Crippen molar-refractivity contribution in [1.82, 2.24) is 24.5 Å². The normalized spacial score (nSPS) is 11.7. The van der Waals surface area contributed by atoms with Gasteiger partial charge in [0.2, 0.25) is 5.89 Å². The molecule has 0 aliphatic carbocycles. The minimum Gasteiger partial charge on any atom is -0.435 e. The van der Waals surface area contributed by atoms with E-state index in [9.17, 15) is 0 Å². The van der Waals surface area contributed by atoms with Crippen LogP contribution in [0.3, 0.4) is 0 Å². The van der Waals surface area contributed by atoms with E-state index in [1.54, 1.807) is 0 Å². The lowest BCUT2D eigenvalue weighted by molar-refractivity contribution is 0.623. The highest BCUT2D eigenvalue weighted by Crippen LogP contribution is 2.39. The second kappa shape index (κ2) is 12.1. The number of rotatable bonds is 5. The third kappa shape index (κ3) is 4.81. The average Bonchev–Trinajstić information content (AvgIpc) is 3.83. The largest absolute Gasteiger partial charge is 0.435 e. The van der Waals surface area contributed by atoms with Gasteiger partial charge in [0.15, 0.2) is 23.1 Å². The van der Waals surface area contributed by atoms with E-state index in [4.69, 9.17) is 24.4 Å². The van der Waals surface area contributed by atoms with Gasteiger partial charge in [-0.2, -0.15) is 0 Å². The summed E-state index contributed by atoms with van der Waals surface area (Å²) in [4.78, 5) is 20.6. The van der Waals surface area contributed by atoms with Crippen LogP contribution in [0.2, 0.25) is 0 Å². The monoisotopic (exact) mass is 691 g/mol. The van der Waals surface area contributed by atoms with Crippen LogP contribution >= 0.6 is 0 Å². The highest BCUT2D eigenvalue weighted by molar-refractivity contribution is 6.12. The van der Waals surface area contributed by atoms with Crippen molar-refractivity contribution in [2.75, 3.05) is 0 Å². The molecule has 11 rings (SSSR count). The molecule has 3 aromatic heterocycles. The van der Waals surface area contributed by atoms with Crippen LogP contribution < -0.4 is 0 Å². The Balaban J connectivity index is 1.19. The predicted octanol–water partition coefficient (Wildman–Crippen LogP) is 12.1. The molecule has 0 saturated carbocycles. The number of nitrogens with zero attached hydrogens (tertiary/aromatic N) is 5. The van der Waals surface area contributed by atoms with Gasteiger partial charge in [0.1, 0.15) is 5.52 Å². The summed E-state index contributed by atoms with van der Waals surface area (Å²) >= 11 is 0. The maximum absolute atomic E-state index is 6.56. The summed E-state index contributed by atoms with van der Waals surface area (Å²) in [5, 5.41) is 6.47. The summed E-state index contributed by atoms with van der Waals surface area (Å²) in [5.74, 6) is 2.31. The Morgan fingerprint density at radius 3 is 1.91 bits per heavy atom. The van der Waals surface area contributed by atoms with Crippen LogP contribution in [0.1, 0.15) is 0 Å². The fraction of sp³-hybridized carbons (Fsp3) is 0. The Morgan fingerprint density at radius 2 is 1.06 bits per heavy atom. The highest BCUT2D eigenvalue weighted by atomic mass is 16.3. The van der Waals surface area contributed by atoms with Crippen molar-refractivity contribution < 1.29 is 4.42 Å². The number of benzene rings is 8. The van der Waals surface area contributed by atoms with Crippen molar-refractivity contribution in [3.05, 3.63) is 176 Å². The zero-order chi connectivity index (χ0) is 35.6. The van der Waals surface area contributed by atoms with Gasteiger partial charge in [0.25, 0.3) is 0 Å². The van der Waals surface area contributed by atoms with Crippen LogP contribution in [0.15, 0.2) is 180 Å². The SMILES string of the molecule is c1ccc(-c2nc3ccc4cccc(-c5nc(-c6ccc7c8ccccc8n(-c8ccccc8)c7c6)nc(-c6cccc7ccccc67)n5)c4c3o2)cc1. The molecule has 0 N–H and O–H groups in total. The topological polar surface area (TPSA) is 69.6 Å². The fourth-order valence-corrected chi connectivity index (χ4v) is 7.78. The summed E-state index contributed by atoms with van der Waals surface area (Å²) in [6, 6.07) is 60.5. The van der Waals surface area contributed by atoms with E-state index in [-0.39, 0.29) is 0 Å². The standard InChI is InChI=1S/C48H29N5O/c1-3-14-32(15-4-1)48-49-40-28-26-31-17-12-23-39(43(31)44(40)54-48)47-51-45(50-46(52-47)38-22-11-16-30-13-7-8-20-35(30)38)33-25-27-37-36-21-9-10-24-41(36)53(42(37)29-33)34-18-5-2-6-19-34/h1-29H. The zero-order valence-corrected chi connectivity index (χ0v) is 28.9. The van der Waals surface area contributed by atoms with Gasteiger partial charge in [-0.15, -0.1) is 0 Å². The molecule has 0 unspecified atom stereocenters. The van der Waals surface area contributed by atoms with Crippen LogP contribution in [0.4, 0.5) is 0 Å². The Labute approximate surface area is 309 Å². The van der Waals surface area contributed by atoms with E-state index in [0.29, 0.717) is 28.9 Å². The Bertz CT molecular complexity index is 3210. The molecular formula is C48H29N5O. The smallest absolute Gasteiger partial charge is 0.227 e. The first kappa shape index (κ1) is 30.2. The number of aromatic nitrogens is 5. The summed E-state index contributed by atoms with van der Waals surface area (Å²) in [6.07, 6.45) is 0. The summed E-state index contributed by atoms with van der Waals surface area (Å²) in [5.41, 5.74) is 8.39. The van der Waals surface area contributed by atoms with Gasteiger partial charge in [-0.05, 0) is 58.6 Å². The molecule has 0 fully saturated rings. The van der Waals surface area contributed by atoms with Crippen LogP contribution in [0.5, 0.6) is 0 Å². The number of hydrogen-bond donors (Lipinski definition) is 0. The second-order valence-electron chi connectivity index (χ2n) is 13.5. The predicted molar refractivity (Wildman–Crippen MR) is 218 cm³/mol. The van der Waals surface area contributed by atoms with Crippen molar-refractivity contribution in [1.29, 1.82) is 0 Å². The van der Waals surface area contributed by atoms with E-state index in [2.05, 4.69) is 132 Å². The van der Waals surface area contributed by atoms with Crippen molar-refractivity contribution in [3.63, 3.8) is 0 Å². The minimum atomic E-state index is 0.558. The lowest BCUT2D eigenvalue weighted by Gasteiger charge is -2.12. The van der Waals surface area contributed by atoms with E-state index in [1.807, 2.05) is 48.5 Å². The molecule has 11 aromatic rings. The number of oxazole rings is 1. The molecule has 6 heteroatoms. The summed E-state index contributed by atoms with van der Waals surface area (Å²) in [7, 11) is 0. The van der Waals surface area contributed by atoms with E-state index in [1.165, 1.54) is 5.39 Å².